The Morgan fingerprint density at radius 2 is 0.699 bits per heavy atom. The van der Waals surface area contributed by atoms with Gasteiger partial charge in [0.15, 0.2) is 4.90 Å². The maximum atomic E-state index is 14.6. The summed E-state index contributed by atoms with van der Waals surface area (Å²) >= 11 is 43.8. The molecular weight excluding hydrogens is 1910 g/mol. The summed E-state index contributed by atoms with van der Waals surface area (Å²) in [7, 11) is -1.73. The van der Waals surface area contributed by atoms with Crippen LogP contribution in [0.2, 0.25) is 35.2 Å². The smallest absolute Gasteiger partial charge is 0.251 e. The van der Waals surface area contributed by atoms with Gasteiger partial charge in [0.25, 0.3) is 5.91 Å². The monoisotopic (exact) mass is 2030 g/mol. The molecule has 8 aromatic rings. The average molecular weight is 2030 g/mol. The summed E-state index contributed by atoms with van der Waals surface area (Å²) in [5.74, 6) is -1.86. The van der Waals surface area contributed by atoms with Crippen molar-refractivity contribution in [2.75, 3.05) is 199 Å². The van der Waals surface area contributed by atoms with Crippen LogP contribution in [0.25, 0.3) is 11.1 Å². The van der Waals surface area contributed by atoms with E-state index in [1.54, 1.807) is 91.0 Å². The van der Waals surface area contributed by atoms with Crippen LogP contribution in [0, 0.1) is 0 Å². The van der Waals surface area contributed by atoms with Crippen LogP contribution in [-0.2, 0) is 108 Å². The maximum absolute atomic E-state index is 14.6. The van der Waals surface area contributed by atoms with Crippen LogP contribution in [0.4, 0.5) is 0 Å². The highest BCUT2D eigenvalue weighted by molar-refractivity contribution is 7.90. The quantitative estimate of drug-likeness (QED) is 0.0137. The summed E-state index contributed by atoms with van der Waals surface area (Å²) in [6, 6.07) is 46.6. The van der Waals surface area contributed by atoms with Crippen LogP contribution in [0.3, 0.4) is 0 Å². The number of nitrogens with one attached hydrogen (secondary N) is 7. The van der Waals surface area contributed by atoms with E-state index < -0.39 is 42.9 Å². The van der Waals surface area contributed by atoms with E-state index in [0.29, 0.717) is 98.1 Å². The molecule has 11 rings (SSSR count). The predicted octanol–water partition coefficient (Wildman–Crippen LogP) is 13.2. The second-order valence-corrected chi connectivity index (χ2v) is 40.5. The number of nitrogens with zero attached hydrogens (tertiary/aromatic N) is 3. The van der Waals surface area contributed by atoms with Crippen molar-refractivity contribution < 1.29 is 83.2 Å². The lowest BCUT2D eigenvalue weighted by Gasteiger charge is -2.35. The molecule has 3 heterocycles. The van der Waals surface area contributed by atoms with Gasteiger partial charge in [-0.2, -0.15) is 0 Å². The van der Waals surface area contributed by atoms with Gasteiger partial charge >= 0.3 is 0 Å². The molecule has 0 spiro atoms. The van der Waals surface area contributed by atoms with Crippen molar-refractivity contribution in [3.8, 4) is 11.1 Å². The van der Waals surface area contributed by atoms with E-state index in [1.165, 1.54) is 0 Å². The van der Waals surface area contributed by atoms with Crippen molar-refractivity contribution >= 4 is 136 Å². The number of likely N-dealkylation sites (N-methyl/N-ethyl adjacent to an activating group) is 3. The lowest BCUT2D eigenvalue weighted by molar-refractivity contribution is -0.121. The molecule has 0 saturated heterocycles. The van der Waals surface area contributed by atoms with Gasteiger partial charge in [0.1, 0.15) is 0 Å². The molecule has 0 saturated carbocycles. The first-order valence-electron chi connectivity index (χ1n) is 44.2. The molecule has 722 valence electrons. The molecular formula is C95H117Cl7N10O18S3. The van der Waals surface area contributed by atoms with E-state index in [2.05, 4.69) is 50.1 Å². The van der Waals surface area contributed by atoms with Crippen LogP contribution in [-0.4, -0.2) is 264 Å². The van der Waals surface area contributed by atoms with E-state index in [4.69, 9.17) is 124 Å². The number of fused-ring (bicyclic) bond motifs is 3. The van der Waals surface area contributed by atoms with Crippen LogP contribution < -0.4 is 35.4 Å². The van der Waals surface area contributed by atoms with Gasteiger partial charge < -0.3 is 83.2 Å². The van der Waals surface area contributed by atoms with Crippen LogP contribution in [0.15, 0.2) is 172 Å². The van der Waals surface area contributed by atoms with Crippen molar-refractivity contribution in [1.82, 2.24) is 50.1 Å². The molecule has 0 fully saturated rings. The number of rotatable bonds is 57. The number of halogens is 7. The fourth-order valence-electron chi connectivity index (χ4n) is 16.1. The lowest BCUT2D eigenvalue weighted by atomic mass is 9.82. The first-order valence-corrected chi connectivity index (χ1v) is 51.0. The van der Waals surface area contributed by atoms with E-state index in [9.17, 15) is 40.6 Å². The van der Waals surface area contributed by atoms with Gasteiger partial charge in [-0.3, -0.25) is 19.2 Å². The fourth-order valence-corrected chi connectivity index (χ4v) is 20.9. The molecule has 0 bridgehead atoms. The summed E-state index contributed by atoms with van der Waals surface area (Å²) in [6.07, 6.45) is -0.239. The zero-order valence-electron chi connectivity index (χ0n) is 74.8. The zero-order chi connectivity index (χ0) is 94.7. The number of hydrogen-bond acceptors (Lipinski definition) is 22. The number of amides is 4. The van der Waals surface area contributed by atoms with Gasteiger partial charge in [0.2, 0.25) is 37.8 Å². The van der Waals surface area contributed by atoms with Crippen molar-refractivity contribution in [3.05, 3.63) is 249 Å². The molecule has 0 aliphatic carbocycles. The van der Waals surface area contributed by atoms with E-state index in [-0.39, 0.29) is 222 Å². The molecule has 3 aliphatic rings. The van der Waals surface area contributed by atoms with Gasteiger partial charge in [-0.25, -0.2) is 26.3 Å². The van der Waals surface area contributed by atoms with Gasteiger partial charge in [-0.1, -0.05) is 142 Å². The van der Waals surface area contributed by atoms with Gasteiger partial charge in [0, 0.05) is 155 Å². The molecule has 7 N–H and O–H groups in total. The molecule has 38 heteroatoms. The molecule has 8 aromatic carbocycles. The third-order valence-electron chi connectivity index (χ3n) is 22.8. The highest BCUT2D eigenvalue weighted by Crippen LogP contribution is 2.43. The minimum Gasteiger partial charge on any atom is -0.593 e. The van der Waals surface area contributed by atoms with E-state index >= 15 is 0 Å². The topological polar surface area (TPSA) is 337 Å². The predicted molar refractivity (Wildman–Crippen MR) is 519 cm³/mol. The first-order chi connectivity index (χ1) is 64.1. The highest BCUT2D eigenvalue weighted by atomic mass is 35.5. The lowest BCUT2D eigenvalue weighted by Crippen LogP contribution is -2.50. The summed E-state index contributed by atoms with van der Waals surface area (Å²) in [5.41, 5.74) is 9.34. The Balaban J connectivity index is 0.607. The van der Waals surface area contributed by atoms with Crippen molar-refractivity contribution in [3.63, 3.8) is 0 Å². The minimum atomic E-state index is -3.88. The Bertz CT molecular complexity index is 5170. The Morgan fingerprint density at radius 1 is 0.383 bits per heavy atom. The molecule has 4 atom stereocenters. The number of ether oxygens (including phenoxy) is 9. The normalized spacial score (nSPS) is 15.7. The first kappa shape index (κ1) is 107. The molecule has 28 nitrogen and oxygen atoms in total. The van der Waals surface area contributed by atoms with Crippen LogP contribution in [0.5, 0.6) is 0 Å². The molecule has 0 radical (unpaired) electrons. The molecule has 4 amide bonds. The van der Waals surface area contributed by atoms with Gasteiger partial charge in [0.05, 0.1) is 147 Å². The van der Waals surface area contributed by atoms with Gasteiger partial charge in [-0.15, -0.1) is 4.72 Å². The van der Waals surface area contributed by atoms with Gasteiger partial charge in [-0.05, 0) is 199 Å². The second kappa shape index (κ2) is 54.6. The zero-order valence-corrected chi connectivity index (χ0v) is 82.5. The summed E-state index contributed by atoms with van der Waals surface area (Å²) < 4.78 is 127. The number of carbonyl (C=O) groups excluding carboxylic acids is 4. The van der Waals surface area contributed by atoms with Crippen molar-refractivity contribution in [1.29, 1.82) is 0 Å². The summed E-state index contributed by atoms with van der Waals surface area (Å²) in [6.45, 7) is 8.51. The average Bonchev–Trinajstić information content (AvgIpc) is 0.768. The van der Waals surface area contributed by atoms with Crippen LogP contribution in [0.1, 0.15) is 117 Å². The van der Waals surface area contributed by atoms with E-state index in [1.807, 2.05) is 87.9 Å². The second-order valence-electron chi connectivity index (χ2n) is 32.7. The Labute approximate surface area is 818 Å². The largest absolute Gasteiger partial charge is 0.593 e. The number of sulfonamides is 2. The van der Waals surface area contributed by atoms with Crippen molar-refractivity contribution in [2.24, 2.45) is 0 Å². The highest BCUT2D eigenvalue weighted by Gasteiger charge is 2.36. The summed E-state index contributed by atoms with van der Waals surface area (Å²) in [4.78, 5) is 63.4. The standard InChI is InChI=1S/C95H117Cl7N10O18S3/c1-110-60-82(79-54-73(97)57-88(100)85(79)63-110)69-7-4-10-76(51-69)131(117)106-30-36-125-42-48-128-45-39-122-33-27-103-91(113)21-24-95(109-94(116)68-15-13-66(14-16-68)67-17-19-72(96)20-18-67,25-22-92(114)104-28-34-123-40-46-129-49-43-126-37-31-107-132(118,119)77-11-5-8-70(52-77)83-61-111(2)64-86-80(83)55-74(98)58-89(86)101)26-23-93(115)105-29-35-124-41-47-130-50-44-127-38-32-108-133(120,121)78-12-6-9-71(53-78)84-62-112(3)65-87-81(84)56-75(99)59-90(87)102/h4-20,51-59,82-84,106-108H,21-50,60-65H2,1-3H3,(H,103,113)(H,104,114)(H,105,115)(H,109,116)/t82-,83-,84-,131?/m0/s1. The fraction of sp³-hybridized carbons (Fsp3) is 0.453. The summed E-state index contributed by atoms with van der Waals surface area (Å²) in [5, 5.41) is 15.8. The molecule has 133 heavy (non-hydrogen) atoms. The Kier molecular flexibility index (Phi) is 43.8. The minimum absolute atomic E-state index is 0.00247. The molecule has 0 aromatic heterocycles. The maximum Gasteiger partial charge on any atom is 0.251 e. The Morgan fingerprint density at radius 3 is 1.06 bits per heavy atom. The van der Waals surface area contributed by atoms with E-state index in [0.717, 1.165) is 67.7 Å². The third kappa shape index (κ3) is 34.1. The number of hydrogen-bond donors (Lipinski definition) is 7. The number of benzene rings is 8. The molecule has 3 aliphatic heterocycles. The SMILES string of the molecule is CN1Cc2c(Cl)cc(Cl)cc2[C@H](c2cccc([S+]([O-])NCCOCCOCCOCCNC(=O)CCC(CCC(=O)NCCOCCOCCOCCNS(=O)(=O)c3cccc([C@@H]4CN(C)Cc5c(Cl)cc(Cl)cc54)c3)(CCC(=O)NCCOCCOCCOCCNS(=O)(=O)c3cccc([C@@H]4CN(C)Cc5c(Cl)cc(Cl)cc54)c3)NC(=O)c3ccc(-c4ccc(Cl)cc4)cc3)c2)C1. The van der Waals surface area contributed by atoms with Crippen molar-refractivity contribution in [2.45, 2.75) is 96.1 Å². The third-order valence-corrected chi connectivity index (χ3v) is 28.8. The Hall–Kier alpha value is -6.72. The number of carbonyl (C=O) groups is 4. The van der Waals surface area contributed by atoms with Crippen LogP contribution >= 0.6 is 81.2 Å². The molecule has 1 unspecified atom stereocenters.